The predicted octanol–water partition coefficient (Wildman–Crippen LogP) is 2.23. The number of oxazole rings is 1. The van der Waals surface area contributed by atoms with Crippen molar-refractivity contribution in [3.8, 4) is 0 Å². The van der Waals surface area contributed by atoms with Crippen LogP contribution in [0.4, 0.5) is 0 Å². The number of nitrogens with zero attached hydrogens (tertiary/aromatic N) is 4. The van der Waals surface area contributed by atoms with Crippen LogP contribution < -0.4 is 5.73 Å². The van der Waals surface area contributed by atoms with Crippen LogP contribution in [0.3, 0.4) is 0 Å². The number of carbonyl (C=O) groups excluding carboxylic acids is 1. The van der Waals surface area contributed by atoms with E-state index in [-0.39, 0.29) is 12.3 Å². The van der Waals surface area contributed by atoms with Gasteiger partial charge in [-0.3, -0.25) is 9.36 Å². The molecule has 9 heteroatoms. The molecule has 0 aromatic carbocycles. The lowest BCUT2D eigenvalue weighted by molar-refractivity contribution is -0.118. The summed E-state index contributed by atoms with van der Waals surface area (Å²) in [5, 5.41) is 9.14. The van der Waals surface area contributed by atoms with Crippen molar-refractivity contribution in [2.75, 3.05) is 0 Å². The fourth-order valence-corrected chi connectivity index (χ4v) is 3.09. The Labute approximate surface area is 148 Å². The lowest BCUT2D eigenvalue weighted by Gasteiger charge is -2.07. The number of rotatable bonds is 8. The fraction of sp³-hybridized carbons (Fsp3) is 0.375. The van der Waals surface area contributed by atoms with E-state index >= 15 is 0 Å². The van der Waals surface area contributed by atoms with E-state index in [1.54, 1.807) is 6.26 Å². The molecule has 3 heterocycles. The highest BCUT2D eigenvalue weighted by Gasteiger charge is 2.16. The van der Waals surface area contributed by atoms with Crippen molar-refractivity contribution >= 4 is 17.7 Å². The normalized spacial score (nSPS) is 11.1. The van der Waals surface area contributed by atoms with Gasteiger partial charge >= 0.3 is 0 Å². The molecule has 0 saturated carbocycles. The molecule has 3 rings (SSSR count). The van der Waals surface area contributed by atoms with E-state index in [0.717, 1.165) is 17.2 Å². The molecule has 3 aromatic rings. The highest BCUT2D eigenvalue weighted by molar-refractivity contribution is 7.98. The van der Waals surface area contributed by atoms with E-state index in [2.05, 4.69) is 15.2 Å². The Bertz CT molecular complexity index is 834. The van der Waals surface area contributed by atoms with Gasteiger partial charge in [-0.05, 0) is 26.0 Å². The van der Waals surface area contributed by atoms with Crippen molar-refractivity contribution in [2.45, 2.75) is 44.1 Å². The Balaban J connectivity index is 1.77. The van der Waals surface area contributed by atoms with Crippen molar-refractivity contribution in [1.82, 2.24) is 19.7 Å². The summed E-state index contributed by atoms with van der Waals surface area (Å²) in [6.45, 7) is 4.28. The summed E-state index contributed by atoms with van der Waals surface area (Å²) in [6.07, 6.45) is 2.27. The van der Waals surface area contributed by atoms with Gasteiger partial charge in [0.15, 0.2) is 5.16 Å². The second kappa shape index (κ2) is 7.56. The number of aryl methyl sites for hydroxylation is 3. The van der Waals surface area contributed by atoms with Gasteiger partial charge in [-0.25, -0.2) is 4.98 Å². The Morgan fingerprint density at radius 3 is 2.84 bits per heavy atom. The summed E-state index contributed by atoms with van der Waals surface area (Å²) >= 11 is 1.47. The number of amides is 1. The predicted molar refractivity (Wildman–Crippen MR) is 90.9 cm³/mol. The minimum absolute atomic E-state index is 0.221. The molecule has 0 aliphatic rings. The summed E-state index contributed by atoms with van der Waals surface area (Å²) in [5.74, 6) is 3.11. The first-order chi connectivity index (χ1) is 12.0. The van der Waals surface area contributed by atoms with E-state index in [1.807, 2.05) is 30.5 Å². The number of thioether (sulfide) groups is 1. The summed E-state index contributed by atoms with van der Waals surface area (Å²) in [7, 11) is 0. The quantitative estimate of drug-likeness (QED) is 0.612. The zero-order valence-electron chi connectivity index (χ0n) is 14.1. The van der Waals surface area contributed by atoms with Crippen LogP contribution in [0, 0.1) is 13.8 Å². The van der Waals surface area contributed by atoms with Gasteiger partial charge in [-0.1, -0.05) is 11.8 Å². The minimum atomic E-state index is -0.368. The number of furan rings is 1. The first-order valence-corrected chi connectivity index (χ1v) is 8.80. The third-order valence-corrected chi connectivity index (χ3v) is 4.63. The third-order valence-electron chi connectivity index (χ3n) is 3.68. The second-order valence-corrected chi connectivity index (χ2v) is 6.51. The molecule has 0 aliphatic heterocycles. The topological polar surface area (TPSA) is 113 Å². The van der Waals surface area contributed by atoms with Crippen LogP contribution in [-0.2, 0) is 23.5 Å². The Morgan fingerprint density at radius 1 is 1.36 bits per heavy atom. The van der Waals surface area contributed by atoms with Crippen LogP contribution in [0.1, 0.15) is 35.4 Å². The average Bonchev–Trinajstić information content (AvgIpc) is 3.27. The van der Waals surface area contributed by atoms with Crippen molar-refractivity contribution in [3.63, 3.8) is 0 Å². The molecule has 1 amide bonds. The molecule has 0 atom stereocenters. The maximum Gasteiger partial charge on any atom is 0.217 e. The van der Waals surface area contributed by atoms with E-state index < -0.39 is 0 Å². The summed E-state index contributed by atoms with van der Waals surface area (Å²) in [6, 6.07) is 3.71. The van der Waals surface area contributed by atoms with Crippen LogP contribution in [0.15, 0.2) is 32.4 Å². The molecular weight excluding hydrogens is 342 g/mol. The Kier molecular flexibility index (Phi) is 5.22. The molecule has 25 heavy (non-hydrogen) atoms. The molecule has 8 nitrogen and oxygen atoms in total. The molecular formula is C16H19N5O3S. The average molecular weight is 361 g/mol. The first kappa shape index (κ1) is 17.3. The van der Waals surface area contributed by atoms with Crippen molar-refractivity contribution in [2.24, 2.45) is 5.73 Å². The highest BCUT2D eigenvalue weighted by Crippen LogP contribution is 2.24. The van der Waals surface area contributed by atoms with Crippen LogP contribution in [0.25, 0.3) is 0 Å². The van der Waals surface area contributed by atoms with Gasteiger partial charge in [-0.2, -0.15) is 0 Å². The minimum Gasteiger partial charge on any atom is -0.467 e. The number of primary amides is 1. The zero-order valence-corrected chi connectivity index (χ0v) is 14.9. The standard InChI is InChI=1S/C16H19N5O3S/c1-10-11(2)24-15(18-10)9-25-16-20-19-14(6-5-13(17)22)21(16)8-12-4-3-7-23-12/h3-4,7H,5-6,8-9H2,1-2H3,(H2,17,22). The Hall–Kier alpha value is -2.55. The third kappa shape index (κ3) is 4.30. The van der Waals surface area contributed by atoms with Crippen molar-refractivity contribution in [1.29, 1.82) is 0 Å². The van der Waals surface area contributed by atoms with Gasteiger partial charge in [0.25, 0.3) is 0 Å². The molecule has 0 radical (unpaired) electrons. The Morgan fingerprint density at radius 2 is 2.20 bits per heavy atom. The van der Waals surface area contributed by atoms with Gasteiger partial charge in [0, 0.05) is 12.8 Å². The lowest BCUT2D eigenvalue weighted by atomic mass is 10.3. The summed E-state index contributed by atoms with van der Waals surface area (Å²) < 4.78 is 12.9. The van der Waals surface area contributed by atoms with Crippen molar-refractivity contribution in [3.05, 3.63) is 47.3 Å². The van der Waals surface area contributed by atoms with Gasteiger partial charge in [0.05, 0.1) is 24.3 Å². The van der Waals surface area contributed by atoms with Crippen LogP contribution in [0.5, 0.6) is 0 Å². The van der Waals surface area contributed by atoms with E-state index in [4.69, 9.17) is 14.6 Å². The second-order valence-electron chi connectivity index (χ2n) is 5.57. The van der Waals surface area contributed by atoms with E-state index in [1.165, 1.54) is 11.8 Å². The first-order valence-electron chi connectivity index (χ1n) is 7.81. The molecule has 132 valence electrons. The summed E-state index contributed by atoms with van der Waals surface area (Å²) in [4.78, 5) is 15.4. The van der Waals surface area contributed by atoms with Crippen LogP contribution in [-0.4, -0.2) is 25.7 Å². The SMILES string of the molecule is Cc1nc(CSc2nnc(CCC(N)=O)n2Cc2ccco2)oc1C. The fourth-order valence-electron chi connectivity index (χ4n) is 2.29. The van der Waals surface area contributed by atoms with E-state index in [9.17, 15) is 4.79 Å². The lowest BCUT2D eigenvalue weighted by Crippen LogP contribution is -2.14. The highest BCUT2D eigenvalue weighted by atomic mass is 32.2. The monoisotopic (exact) mass is 361 g/mol. The summed E-state index contributed by atoms with van der Waals surface area (Å²) in [5.41, 5.74) is 6.13. The molecule has 2 N–H and O–H groups in total. The molecule has 0 aliphatic carbocycles. The van der Waals surface area contributed by atoms with Gasteiger partial charge < -0.3 is 14.6 Å². The largest absolute Gasteiger partial charge is 0.467 e. The maximum absolute atomic E-state index is 11.1. The smallest absolute Gasteiger partial charge is 0.217 e. The van der Waals surface area contributed by atoms with Gasteiger partial charge in [0.2, 0.25) is 11.8 Å². The molecule has 3 aromatic heterocycles. The molecule has 0 spiro atoms. The number of nitrogens with two attached hydrogens (primary N) is 1. The number of carbonyl (C=O) groups is 1. The van der Waals surface area contributed by atoms with Crippen LogP contribution in [0.2, 0.25) is 0 Å². The molecule has 0 saturated heterocycles. The van der Waals surface area contributed by atoms with E-state index in [0.29, 0.717) is 35.6 Å². The zero-order chi connectivity index (χ0) is 17.8. The molecule has 0 unspecified atom stereocenters. The molecule has 0 fully saturated rings. The molecule has 0 bridgehead atoms. The van der Waals surface area contributed by atoms with Crippen molar-refractivity contribution < 1.29 is 13.6 Å². The number of hydrogen-bond acceptors (Lipinski definition) is 7. The van der Waals surface area contributed by atoms with Crippen LogP contribution >= 0.6 is 11.8 Å². The van der Waals surface area contributed by atoms with Gasteiger partial charge in [0.1, 0.15) is 17.3 Å². The maximum atomic E-state index is 11.1. The number of hydrogen-bond donors (Lipinski definition) is 1. The number of aromatic nitrogens is 4. The van der Waals surface area contributed by atoms with Gasteiger partial charge in [-0.15, -0.1) is 10.2 Å².